The molecule has 2 aromatic carbocycles. The van der Waals surface area contributed by atoms with Crippen LogP contribution in [0.1, 0.15) is 19.4 Å². The zero-order valence-corrected chi connectivity index (χ0v) is 15.4. The Kier molecular flexibility index (Phi) is 5.46. The summed E-state index contributed by atoms with van der Waals surface area (Å²) in [6.07, 6.45) is 2.33. The van der Waals surface area contributed by atoms with E-state index in [9.17, 15) is 4.79 Å². The Morgan fingerprint density at radius 1 is 1.04 bits per heavy atom. The first-order chi connectivity index (χ1) is 12.6. The minimum absolute atomic E-state index is 0.0621. The summed E-state index contributed by atoms with van der Waals surface area (Å²) in [6.45, 7) is 4.94. The predicted octanol–water partition coefficient (Wildman–Crippen LogP) is 4.16. The molecule has 1 amide bonds. The average molecular weight is 352 g/mol. The van der Waals surface area contributed by atoms with Gasteiger partial charge in [-0.25, -0.2) is 0 Å². The molecule has 5 heteroatoms. The monoisotopic (exact) mass is 352 g/mol. The molecule has 0 unspecified atom stereocenters. The van der Waals surface area contributed by atoms with Crippen molar-refractivity contribution in [1.82, 2.24) is 4.57 Å². The van der Waals surface area contributed by atoms with Crippen molar-refractivity contribution in [2.45, 2.75) is 20.3 Å². The highest BCUT2D eigenvalue weighted by molar-refractivity contribution is 5.96. The van der Waals surface area contributed by atoms with Crippen LogP contribution in [0, 0.1) is 0 Å². The molecular weight excluding hydrogens is 328 g/mol. The Hall–Kier alpha value is -2.95. The number of fused-ring (bicyclic) bond motifs is 1. The number of amides is 1. The molecule has 0 radical (unpaired) electrons. The van der Waals surface area contributed by atoms with E-state index in [-0.39, 0.29) is 5.91 Å². The van der Waals surface area contributed by atoms with Crippen molar-refractivity contribution in [2.75, 3.05) is 18.5 Å². The molecule has 0 saturated heterocycles. The summed E-state index contributed by atoms with van der Waals surface area (Å²) < 4.78 is 13.2. The molecule has 5 nitrogen and oxygen atoms in total. The smallest absolute Gasteiger partial charge is 0.228 e. The fraction of sp³-hybridized carbons (Fsp3) is 0.286. The molecule has 1 heterocycles. The van der Waals surface area contributed by atoms with E-state index < -0.39 is 0 Å². The van der Waals surface area contributed by atoms with Crippen LogP contribution < -0.4 is 14.8 Å². The molecule has 1 N–H and O–H groups in total. The third-order valence-electron chi connectivity index (χ3n) is 4.16. The maximum Gasteiger partial charge on any atom is 0.228 e. The van der Waals surface area contributed by atoms with Crippen LogP contribution in [-0.2, 0) is 18.3 Å². The Bertz CT molecular complexity index is 915. The number of anilines is 1. The van der Waals surface area contributed by atoms with Crippen LogP contribution >= 0.6 is 0 Å². The largest absolute Gasteiger partial charge is 0.490 e. The van der Waals surface area contributed by atoms with Gasteiger partial charge in [0, 0.05) is 35.9 Å². The van der Waals surface area contributed by atoms with Crippen LogP contribution in [0.4, 0.5) is 5.69 Å². The summed E-state index contributed by atoms with van der Waals surface area (Å²) >= 11 is 0. The van der Waals surface area contributed by atoms with Crippen molar-refractivity contribution in [3.8, 4) is 11.5 Å². The molecule has 0 saturated carbocycles. The van der Waals surface area contributed by atoms with Gasteiger partial charge >= 0.3 is 0 Å². The van der Waals surface area contributed by atoms with Crippen molar-refractivity contribution in [3.63, 3.8) is 0 Å². The lowest BCUT2D eigenvalue weighted by molar-refractivity contribution is -0.115. The van der Waals surface area contributed by atoms with Crippen molar-refractivity contribution < 1.29 is 14.3 Å². The second kappa shape index (κ2) is 7.95. The molecule has 0 aliphatic rings. The molecule has 3 rings (SSSR count). The van der Waals surface area contributed by atoms with Crippen molar-refractivity contribution in [3.05, 3.63) is 54.2 Å². The Balaban J connectivity index is 1.76. The van der Waals surface area contributed by atoms with Crippen LogP contribution in [-0.4, -0.2) is 23.7 Å². The fourth-order valence-corrected chi connectivity index (χ4v) is 3.07. The molecule has 0 fully saturated rings. The number of benzene rings is 2. The van der Waals surface area contributed by atoms with Gasteiger partial charge in [-0.05, 0) is 37.6 Å². The number of carbonyl (C=O) groups is 1. The van der Waals surface area contributed by atoms with Gasteiger partial charge in [-0.15, -0.1) is 0 Å². The molecular formula is C21H24N2O3. The molecule has 26 heavy (non-hydrogen) atoms. The molecule has 0 bridgehead atoms. The van der Waals surface area contributed by atoms with E-state index in [1.54, 1.807) is 6.07 Å². The van der Waals surface area contributed by atoms with Gasteiger partial charge in [0.1, 0.15) is 0 Å². The van der Waals surface area contributed by atoms with Crippen LogP contribution in [0.3, 0.4) is 0 Å². The SMILES string of the molecule is CCOc1ccc(NC(=O)Cc2cn(C)c3ccccc23)cc1OCC. The summed E-state index contributed by atoms with van der Waals surface area (Å²) in [5, 5.41) is 4.05. The Morgan fingerprint density at radius 2 is 1.77 bits per heavy atom. The van der Waals surface area contributed by atoms with E-state index >= 15 is 0 Å². The molecule has 0 aliphatic carbocycles. The minimum atomic E-state index is -0.0621. The molecule has 0 atom stereocenters. The van der Waals surface area contributed by atoms with Gasteiger partial charge in [0.2, 0.25) is 5.91 Å². The lowest BCUT2D eigenvalue weighted by atomic mass is 10.1. The third-order valence-corrected chi connectivity index (χ3v) is 4.16. The van der Waals surface area contributed by atoms with Crippen LogP contribution in [0.25, 0.3) is 10.9 Å². The predicted molar refractivity (Wildman–Crippen MR) is 104 cm³/mol. The number of nitrogens with one attached hydrogen (secondary N) is 1. The quantitative estimate of drug-likeness (QED) is 0.695. The van der Waals surface area contributed by atoms with E-state index in [0.717, 1.165) is 16.5 Å². The van der Waals surface area contributed by atoms with E-state index in [4.69, 9.17) is 9.47 Å². The Morgan fingerprint density at radius 3 is 2.54 bits per heavy atom. The summed E-state index contributed by atoms with van der Waals surface area (Å²) in [7, 11) is 1.99. The van der Waals surface area contributed by atoms with E-state index in [1.807, 2.05) is 62.0 Å². The summed E-state index contributed by atoms with van der Waals surface area (Å²) in [5.41, 5.74) is 2.83. The zero-order chi connectivity index (χ0) is 18.5. The van der Waals surface area contributed by atoms with Crippen LogP contribution in [0.2, 0.25) is 0 Å². The topological polar surface area (TPSA) is 52.5 Å². The van der Waals surface area contributed by atoms with Crippen molar-refractivity contribution >= 4 is 22.5 Å². The van der Waals surface area contributed by atoms with Gasteiger partial charge in [-0.1, -0.05) is 18.2 Å². The first-order valence-electron chi connectivity index (χ1n) is 8.84. The zero-order valence-electron chi connectivity index (χ0n) is 15.4. The van der Waals surface area contributed by atoms with Crippen LogP contribution in [0.15, 0.2) is 48.7 Å². The van der Waals surface area contributed by atoms with Crippen molar-refractivity contribution in [2.24, 2.45) is 7.05 Å². The number of aryl methyl sites for hydroxylation is 1. The second-order valence-electron chi connectivity index (χ2n) is 6.03. The average Bonchev–Trinajstić information content (AvgIpc) is 2.94. The molecule has 0 spiro atoms. The number of hydrogen-bond donors (Lipinski definition) is 1. The number of rotatable bonds is 7. The van der Waals surface area contributed by atoms with Gasteiger partial charge in [0.05, 0.1) is 19.6 Å². The highest BCUT2D eigenvalue weighted by Gasteiger charge is 2.12. The van der Waals surface area contributed by atoms with Crippen molar-refractivity contribution in [1.29, 1.82) is 0 Å². The maximum atomic E-state index is 12.5. The Labute approximate surface area is 153 Å². The van der Waals surface area contributed by atoms with Crippen LogP contribution in [0.5, 0.6) is 11.5 Å². The normalized spacial score (nSPS) is 10.7. The van der Waals surface area contributed by atoms with Gasteiger partial charge in [-0.2, -0.15) is 0 Å². The molecule has 0 aliphatic heterocycles. The number of aromatic nitrogens is 1. The van der Waals surface area contributed by atoms with Gasteiger partial charge in [0.25, 0.3) is 0 Å². The number of nitrogens with zero attached hydrogens (tertiary/aromatic N) is 1. The highest BCUT2D eigenvalue weighted by Crippen LogP contribution is 2.31. The minimum Gasteiger partial charge on any atom is -0.490 e. The first-order valence-corrected chi connectivity index (χ1v) is 8.84. The highest BCUT2D eigenvalue weighted by atomic mass is 16.5. The van der Waals surface area contributed by atoms with E-state index in [1.165, 1.54) is 0 Å². The van der Waals surface area contributed by atoms with E-state index in [2.05, 4.69) is 11.4 Å². The fourth-order valence-electron chi connectivity index (χ4n) is 3.07. The maximum absolute atomic E-state index is 12.5. The van der Waals surface area contributed by atoms with Gasteiger partial charge < -0.3 is 19.4 Å². The number of carbonyl (C=O) groups excluding carboxylic acids is 1. The molecule has 1 aromatic heterocycles. The molecule has 3 aromatic rings. The standard InChI is InChI=1S/C21H24N2O3/c1-4-25-19-11-10-16(13-20(19)26-5-2)22-21(24)12-15-14-23(3)18-9-7-6-8-17(15)18/h6-11,13-14H,4-5,12H2,1-3H3,(H,22,24). The molecule has 136 valence electrons. The summed E-state index contributed by atoms with van der Waals surface area (Å²) in [4.78, 5) is 12.5. The number of ether oxygens (including phenoxy) is 2. The third kappa shape index (κ3) is 3.82. The lowest BCUT2D eigenvalue weighted by Crippen LogP contribution is -2.14. The number of para-hydroxylation sites is 1. The summed E-state index contributed by atoms with van der Waals surface area (Å²) in [6, 6.07) is 13.5. The lowest BCUT2D eigenvalue weighted by Gasteiger charge is -2.13. The first kappa shape index (κ1) is 17.9. The second-order valence-corrected chi connectivity index (χ2v) is 6.03. The van der Waals surface area contributed by atoms with E-state index in [0.29, 0.717) is 36.8 Å². The van der Waals surface area contributed by atoms with Gasteiger partial charge in [-0.3, -0.25) is 4.79 Å². The van der Waals surface area contributed by atoms with Gasteiger partial charge in [0.15, 0.2) is 11.5 Å². The summed E-state index contributed by atoms with van der Waals surface area (Å²) in [5.74, 6) is 1.26. The number of hydrogen-bond acceptors (Lipinski definition) is 3.